The third-order valence-electron chi connectivity index (χ3n) is 2.46. The summed E-state index contributed by atoms with van der Waals surface area (Å²) in [5, 5.41) is 3.89. The van der Waals surface area contributed by atoms with Crippen LogP contribution in [-0.2, 0) is 4.79 Å². The van der Waals surface area contributed by atoms with E-state index < -0.39 is 0 Å². The number of carbonyl (C=O) groups is 1. The highest BCUT2D eigenvalue weighted by Crippen LogP contribution is 2.17. The fourth-order valence-electron chi connectivity index (χ4n) is 1.49. The largest absolute Gasteiger partial charge is 0.484 e. The maximum absolute atomic E-state index is 11.6. The Morgan fingerprint density at radius 3 is 2.76 bits per heavy atom. The third kappa shape index (κ3) is 5.32. The van der Waals surface area contributed by atoms with E-state index in [1.165, 1.54) is 0 Å². The van der Waals surface area contributed by atoms with Gasteiger partial charge in [-0.2, -0.15) is 5.10 Å². The second-order valence-corrected chi connectivity index (χ2v) is 5.83. The van der Waals surface area contributed by atoms with E-state index in [1.807, 2.05) is 36.4 Å². The van der Waals surface area contributed by atoms with Crippen LogP contribution in [0.4, 0.5) is 0 Å². The molecule has 0 atom stereocenters. The first-order valence-electron chi connectivity index (χ1n) is 6.10. The Bertz CT molecular complexity index is 660. The Balaban J connectivity index is 1.81. The van der Waals surface area contributed by atoms with Crippen molar-refractivity contribution in [3.05, 3.63) is 63.0 Å². The van der Waals surface area contributed by atoms with E-state index in [1.54, 1.807) is 18.3 Å². The highest BCUT2D eigenvalue weighted by molar-refractivity contribution is 9.10. The number of rotatable bonds is 5. The number of hydrogen-bond donors (Lipinski definition) is 1. The molecule has 6 heteroatoms. The lowest BCUT2D eigenvalue weighted by Gasteiger charge is -2.05. The van der Waals surface area contributed by atoms with Gasteiger partial charge in [0.05, 0.1) is 6.21 Å². The van der Waals surface area contributed by atoms with Crippen LogP contribution in [0.15, 0.2) is 62.6 Å². The quantitative estimate of drug-likeness (QED) is 0.601. The van der Waals surface area contributed by atoms with E-state index >= 15 is 0 Å². The van der Waals surface area contributed by atoms with Crippen molar-refractivity contribution in [1.29, 1.82) is 0 Å². The summed E-state index contributed by atoms with van der Waals surface area (Å²) < 4.78 is 7.16. The van der Waals surface area contributed by atoms with Crippen LogP contribution in [0.2, 0.25) is 0 Å². The number of nitrogens with zero attached hydrogens (tertiary/aromatic N) is 1. The first kappa shape index (κ1) is 15.7. The van der Waals surface area contributed by atoms with Crippen molar-refractivity contribution in [3.8, 4) is 5.75 Å². The fraction of sp³-hybridized carbons (Fsp3) is 0.0667. The van der Waals surface area contributed by atoms with Gasteiger partial charge in [-0.1, -0.05) is 56.1 Å². The number of carbonyl (C=O) groups excluding carboxylic acids is 1. The molecule has 4 nitrogen and oxygen atoms in total. The molecule has 0 bridgehead atoms. The van der Waals surface area contributed by atoms with Gasteiger partial charge in [-0.3, -0.25) is 4.79 Å². The molecule has 0 unspecified atom stereocenters. The van der Waals surface area contributed by atoms with Crippen LogP contribution in [0.25, 0.3) is 0 Å². The normalized spacial score (nSPS) is 10.6. The molecular formula is C15H12Br2N2O2. The van der Waals surface area contributed by atoms with Crippen molar-refractivity contribution in [2.75, 3.05) is 6.61 Å². The molecule has 21 heavy (non-hydrogen) atoms. The van der Waals surface area contributed by atoms with Gasteiger partial charge in [0.1, 0.15) is 5.75 Å². The van der Waals surface area contributed by atoms with Crippen LogP contribution in [0.3, 0.4) is 0 Å². The van der Waals surface area contributed by atoms with Crippen molar-refractivity contribution in [2.24, 2.45) is 5.10 Å². The van der Waals surface area contributed by atoms with Crippen LogP contribution in [0, 0.1) is 0 Å². The predicted molar refractivity (Wildman–Crippen MR) is 89.5 cm³/mol. The minimum absolute atomic E-state index is 0.0935. The molecule has 0 radical (unpaired) electrons. The lowest BCUT2D eigenvalue weighted by Crippen LogP contribution is -2.24. The summed E-state index contributed by atoms with van der Waals surface area (Å²) in [6.07, 6.45) is 1.57. The molecule has 0 aliphatic heterocycles. The second-order valence-electron chi connectivity index (χ2n) is 4.06. The van der Waals surface area contributed by atoms with E-state index in [9.17, 15) is 4.79 Å². The molecule has 0 saturated carbocycles. The van der Waals surface area contributed by atoms with Gasteiger partial charge in [-0.25, -0.2) is 5.43 Å². The van der Waals surface area contributed by atoms with E-state index in [2.05, 4.69) is 42.4 Å². The SMILES string of the molecule is O=C(COc1cccc(Br)c1)NN=Cc1ccccc1Br. The number of hydrazone groups is 1. The van der Waals surface area contributed by atoms with Crippen LogP contribution >= 0.6 is 31.9 Å². The summed E-state index contributed by atoms with van der Waals surface area (Å²) in [5.41, 5.74) is 3.30. The van der Waals surface area contributed by atoms with Crippen LogP contribution in [0.5, 0.6) is 5.75 Å². The number of benzene rings is 2. The molecule has 2 rings (SSSR count). The zero-order valence-corrected chi connectivity index (χ0v) is 14.1. The van der Waals surface area contributed by atoms with Gasteiger partial charge in [0.15, 0.2) is 6.61 Å². The number of amides is 1. The van der Waals surface area contributed by atoms with Gasteiger partial charge in [-0.05, 0) is 24.3 Å². The Hall–Kier alpha value is -1.66. The van der Waals surface area contributed by atoms with Crippen molar-refractivity contribution in [1.82, 2.24) is 5.43 Å². The number of nitrogens with one attached hydrogen (secondary N) is 1. The molecule has 108 valence electrons. The summed E-state index contributed by atoms with van der Waals surface area (Å²) in [7, 11) is 0. The highest BCUT2D eigenvalue weighted by atomic mass is 79.9. The van der Waals surface area contributed by atoms with Crippen molar-refractivity contribution >= 4 is 44.0 Å². The molecule has 2 aromatic carbocycles. The minimum atomic E-state index is -0.321. The smallest absolute Gasteiger partial charge is 0.277 e. The Kier molecular flexibility index (Phi) is 5.95. The van der Waals surface area contributed by atoms with Crippen LogP contribution < -0.4 is 10.2 Å². The average molecular weight is 412 g/mol. The Labute approximate surface area is 139 Å². The summed E-state index contributed by atoms with van der Waals surface area (Å²) in [6, 6.07) is 14.9. The van der Waals surface area contributed by atoms with Crippen LogP contribution in [-0.4, -0.2) is 18.7 Å². The van der Waals surface area contributed by atoms with Gasteiger partial charge in [-0.15, -0.1) is 0 Å². The summed E-state index contributed by atoms with van der Waals surface area (Å²) in [6.45, 7) is -0.0935. The van der Waals surface area contributed by atoms with Gasteiger partial charge in [0, 0.05) is 14.5 Å². The van der Waals surface area contributed by atoms with Gasteiger partial charge >= 0.3 is 0 Å². The number of ether oxygens (including phenoxy) is 1. The molecule has 2 aromatic rings. The number of halogens is 2. The van der Waals surface area contributed by atoms with Crippen molar-refractivity contribution in [2.45, 2.75) is 0 Å². The first-order valence-corrected chi connectivity index (χ1v) is 7.68. The molecule has 0 fully saturated rings. The van der Waals surface area contributed by atoms with E-state index in [0.717, 1.165) is 14.5 Å². The van der Waals surface area contributed by atoms with Gasteiger partial charge in [0.25, 0.3) is 5.91 Å². The maximum atomic E-state index is 11.6. The topological polar surface area (TPSA) is 50.7 Å². The molecule has 0 aliphatic carbocycles. The zero-order chi connectivity index (χ0) is 15.1. The Morgan fingerprint density at radius 1 is 1.19 bits per heavy atom. The Morgan fingerprint density at radius 2 is 2.00 bits per heavy atom. The molecule has 0 spiro atoms. The lowest BCUT2D eigenvalue weighted by atomic mass is 10.2. The third-order valence-corrected chi connectivity index (χ3v) is 3.68. The van der Waals surface area contributed by atoms with Crippen molar-refractivity contribution < 1.29 is 9.53 Å². The first-order chi connectivity index (χ1) is 10.1. The highest BCUT2D eigenvalue weighted by Gasteiger charge is 2.02. The van der Waals surface area contributed by atoms with Gasteiger partial charge in [0.2, 0.25) is 0 Å². The molecule has 1 N–H and O–H groups in total. The average Bonchev–Trinajstić information content (AvgIpc) is 2.47. The monoisotopic (exact) mass is 410 g/mol. The van der Waals surface area contributed by atoms with Crippen LogP contribution in [0.1, 0.15) is 5.56 Å². The summed E-state index contributed by atoms with van der Waals surface area (Å²) in [4.78, 5) is 11.6. The maximum Gasteiger partial charge on any atom is 0.277 e. The second kappa shape index (κ2) is 7.95. The standard InChI is InChI=1S/C15H12Br2N2O2/c16-12-5-3-6-13(8-12)21-10-15(20)19-18-9-11-4-1-2-7-14(11)17/h1-9H,10H2,(H,19,20). The molecule has 0 heterocycles. The van der Waals surface area contributed by atoms with Gasteiger partial charge < -0.3 is 4.74 Å². The van der Waals surface area contributed by atoms with Crippen molar-refractivity contribution in [3.63, 3.8) is 0 Å². The molecule has 0 aliphatic rings. The predicted octanol–water partition coefficient (Wildman–Crippen LogP) is 3.74. The van der Waals surface area contributed by atoms with E-state index in [0.29, 0.717) is 5.75 Å². The molecule has 1 amide bonds. The number of hydrogen-bond acceptors (Lipinski definition) is 3. The molecule has 0 aromatic heterocycles. The summed E-state index contributed by atoms with van der Waals surface area (Å²) >= 11 is 6.73. The zero-order valence-electron chi connectivity index (χ0n) is 10.9. The summed E-state index contributed by atoms with van der Waals surface area (Å²) in [5.74, 6) is 0.299. The minimum Gasteiger partial charge on any atom is -0.484 e. The van der Waals surface area contributed by atoms with E-state index in [4.69, 9.17) is 4.74 Å². The molecule has 0 saturated heterocycles. The lowest BCUT2D eigenvalue weighted by molar-refractivity contribution is -0.123. The molecular weight excluding hydrogens is 400 g/mol. The van der Waals surface area contributed by atoms with E-state index in [-0.39, 0.29) is 12.5 Å². The fourth-order valence-corrected chi connectivity index (χ4v) is 2.26.